The molecule has 2 rings (SSSR count). The lowest BCUT2D eigenvalue weighted by Gasteiger charge is -2.08. The first-order valence-corrected chi connectivity index (χ1v) is 8.14. The molecule has 0 saturated heterocycles. The van der Waals surface area contributed by atoms with Crippen molar-refractivity contribution in [1.29, 1.82) is 0 Å². The Kier molecular flexibility index (Phi) is 5.75. The molecular weight excluding hydrogens is 326 g/mol. The number of nitrogens with zero attached hydrogens (tertiary/aromatic N) is 1. The summed E-state index contributed by atoms with van der Waals surface area (Å²) in [4.78, 5) is 16.6. The predicted molar refractivity (Wildman–Crippen MR) is 82.5 cm³/mol. The van der Waals surface area contributed by atoms with E-state index in [1.165, 1.54) is 24.5 Å². The summed E-state index contributed by atoms with van der Waals surface area (Å²) in [6.45, 7) is -0.789. The number of hydrogen-bond donors (Lipinski definition) is 1. The van der Waals surface area contributed by atoms with Gasteiger partial charge in [0, 0.05) is 33.7 Å². The third kappa shape index (κ3) is 5.10. The monoisotopic (exact) mass is 340 g/mol. The quantitative estimate of drug-likeness (QED) is 0.878. The van der Waals surface area contributed by atoms with Crippen LogP contribution in [0.15, 0.2) is 47.4 Å². The Bertz CT molecular complexity index is 725. The van der Waals surface area contributed by atoms with Crippen LogP contribution in [0, 0.1) is 0 Å². The molecule has 0 aliphatic carbocycles. The third-order valence-corrected chi connectivity index (χ3v) is 3.66. The summed E-state index contributed by atoms with van der Waals surface area (Å²) in [5.74, 6) is -0.576. The van der Waals surface area contributed by atoms with Crippen molar-refractivity contribution in [2.24, 2.45) is 0 Å². The van der Waals surface area contributed by atoms with Crippen LogP contribution in [0.3, 0.4) is 0 Å². The van der Waals surface area contributed by atoms with Gasteiger partial charge in [-0.3, -0.25) is 9.00 Å². The minimum atomic E-state index is -2.62. The first kappa shape index (κ1) is 17.0. The van der Waals surface area contributed by atoms with Crippen LogP contribution in [0.4, 0.5) is 14.5 Å². The highest BCUT2D eigenvalue weighted by Gasteiger charge is 2.11. The zero-order valence-corrected chi connectivity index (χ0v) is 13.0. The van der Waals surface area contributed by atoms with Crippen LogP contribution in [-0.2, 0) is 10.8 Å². The van der Waals surface area contributed by atoms with E-state index in [4.69, 9.17) is 4.74 Å². The maximum absolute atomic E-state index is 12.1. The van der Waals surface area contributed by atoms with E-state index in [-0.39, 0.29) is 11.6 Å². The predicted octanol–water partition coefficient (Wildman–Crippen LogP) is 2.72. The van der Waals surface area contributed by atoms with Gasteiger partial charge in [0.15, 0.2) is 6.61 Å². The van der Waals surface area contributed by atoms with E-state index < -0.39 is 29.7 Å². The van der Waals surface area contributed by atoms with Gasteiger partial charge in [-0.05, 0) is 24.3 Å². The summed E-state index contributed by atoms with van der Waals surface area (Å²) in [6.07, 6.45) is -1.08. The number of aromatic nitrogens is 1. The lowest BCUT2D eigenvalue weighted by Crippen LogP contribution is -2.15. The number of ether oxygens (including phenoxy) is 1. The van der Waals surface area contributed by atoms with Gasteiger partial charge in [0.2, 0.25) is 5.88 Å². The maximum atomic E-state index is 12.1. The summed E-state index contributed by atoms with van der Waals surface area (Å²) in [7, 11) is -1.17. The first-order valence-electron chi connectivity index (χ1n) is 6.58. The molecule has 1 aromatic heterocycles. The van der Waals surface area contributed by atoms with Crippen molar-refractivity contribution in [3.63, 3.8) is 0 Å². The Balaban J connectivity index is 2.10. The van der Waals surface area contributed by atoms with Crippen molar-refractivity contribution in [1.82, 2.24) is 4.98 Å². The summed E-state index contributed by atoms with van der Waals surface area (Å²) in [6, 6.07) is 10.9. The molecule has 122 valence electrons. The number of carbonyl (C=O) groups is 1. The van der Waals surface area contributed by atoms with Gasteiger partial charge in [-0.1, -0.05) is 12.1 Å². The topological polar surface area (TPSA) is 68.3 Å². The summed E-state index contributed by atoms with van der Waals surface area (Å²) >= 11 is 0. The van der Waals surface area contributed by atoms with Gasteiger partial charge >= 0.3 is 0 Å². The van der Waals surface area contributed by atoms with E-state index in [9.17, 15) is 17.8 Å². The maximum Gasteiger partial charge on any atom is 0.274 e. The van der Waals surface area contributed by atoms with Crippen molar-refractivity contribution in [3.8, 4) is 5.88 Å². The van der Waals surface area contributed by atoms with Crippen molar-refractivity contribution >= 4 is 22.4 Å². The minimum absolute atomic E-state index is 0.0276. The fraction of sp³-hybridized carbons (Fsp3) is 0.200. The highest BCUT2D eigenvalue weighted by atomic mass is 32.2. The summed E-state index contributed by atoms with van der Waals surface area (Å²) < 4.78 is 40.4. The van der Waals surface area contributed by atoms with Gasteiger partial charge in [-0.15, -0.1) is 0 Å². The van der Waals surface area contributed by atoms with E-state index in [1.54, 1.807) is 24.3 Å². The van der Waals surface area contributed by atoms with E-state index in [1.807, 2.05) is 0 Å². The zero-order chi connectivity index (χ0) is 16.8. The van der Waals surface area contributed by atoms with E-state index in [0.717, 1.165) is 0 Å². The van der Waals surface area contributed by atoms with Crippen molar-refractivity contribution < 1.29 is 22.5 Å². The molecule has 1 N–H and O–H groups in total. The SMILES string of the molecule is C[S@@](=O)c1cccc(NC(=O)c2cccc(OCC(F)F)n2)c1. The lowest BCUT2D eigenvalue weighted by molar-refractivity contribution is 0.0794. The average Bonchev–Trinajstić information content (AvgIpc) is 2.53. The van der Waals surface area contributed by atoms with Crippen LogP contribution < -0.4 is 10.1 Å². The van der Waals surface area contributed by atoms with Crippen LogP contribution in [0.2, 0.25) is 0 Å². The lowest BCUT2D eigenvalue weighted by atomic mass is 10.3. The minimum Gasteiger partial charge on any atom is -0.472 e. The highest BCUT2D eigenvalue weighted by molar-refractivity contribution is 7.84. The number of amides is 1. The second-order valence-electron chi connectivity index (χ2n) is 4.50. The molecule has 0 saturated carbocycles. The van der Waals surface area contributed by atoms with E-state index in [0.29, 0.717) is 10.6 Å². The molecule has 0 spiro atoms. The second-order valence-corrected chi connectivity index (χ2v) is 5.88. The van der Waals surface area contributed by atoms with Crippen LogP contribution >= 0.6 is 0 Å². The molecule has 1 atom stereocenters. The van der Waals surface area contributed by atoms with Crippen LogP contribution in [0.25, 0.3) is 0 Å². The molecule has 1 amide bonds. The number of benzene rings is 1. The molecule has 0 aliphatic heterocycles. The van der Waals surface area contributed by atoms with Gasteiger partial charge in [0.25, 0.3) is 12.3 Å². The van der Waals surface area contributed by atoms with Gasteiger partial charge < -0.3 is 10.1 Å². The van der Waals surface area contributed by atoms with Gasteiger partial charge in [-0.25, -0.2) is 13.8 Å². The highest BCUT2D eigenvalue weighted by Crippen LogP contribution is 2.15. The third-order valence-electron chi connectivity index (χ3n) is 2.74. The van der Waals surface area contributed by atoms with Crippen LogP contribution in [-0.4, -0.2) is 34.4 Å². The molecule has 1 heterocycles. The van der Waals surface area contributed by atoms with Crippen molar-refractivity contribution in [2.45, 2.75) is 11.3 Å². The van der Waals surface area contributed by atoms with Crippen molar-refractivity contribution in [2.75, 3.05) is 18.2 Å². The van der Waals surface area contributed by atoms with Gasteiger partial charge in [0.05, 0.1) is 0 Å². The Morgan fingerprint density at radius 3 is 2.74 bits per heavy atom. The number of alkyl halides is 2. The summed E-state index contributed by atoms with van der Waals surface area (Å²) in [5, 5.41) is 2.61. The Labute approximate surface area is 134 Å². The zero-order valence-electron chi connectivity index (χ0n) is 12.2. The van der Waals surface area contributed by atoms with Crippen LogP contribution in [0.1, 0.15) is 10.5 Å². The molecule has 23 heavy (non-hydrogen) atoms. The number of carbonyl (C=O) groups excluding carboxylic acids is 1. The number of hydrogen-bond acceptors (Lipinski definition) is 4. The standard InChI is InChI=1S/C15H14F2N2O3S/c1-23(21)11-5-2-4-10(8-11)18-15(20)12-6-3-7-14(19-12)22-9-13(16)17/h2-8,13H,9H2,1H3,(H,18,20)/t23-/m1/s1. The summed E-state index contributed by atoms with van der Waals surface area (Å²) in [5.41, 5.74) is 0.489. The second kappa shape index (κ2) is 7.77. The molecule has 2 aromatic rings. The van der Waals surface area contributed by atoms with E-state index in [2.05, 4.69) is 10.3 Å². The molecule has 0 unspecified atom stereocenters. The van der Waals surface area contributed by atoms with Gasteiger partial charge in [-0.2, -0.15) is 0 Å². The molecular formula is C15H14F2N2O3S. The average molecular weight is 340 g/mol. The molecule has 0 bridgehead atoms. The molecule has 8 heteroatoms. The molecule has 5 nitrogen and oxygen atoms in total. The van der Waals surface area contributed by atoms with Crippen LogP contribution in [0.5, 0.6) is 5.88 Å². The molecule has 1 aromatic carbocycles. The Morgan fingerprint density at radius 2 is 2.04 bits per heavy atom. The van der Waals surface area contributed by atoms with Gasteiger partial charge in [0.1, 0.15) is 5.69 Å². The number of rotatable bonds is 6. The normalized spacial score (nSPS) is 12.0. The fourth-order valence-corrected chi connectivity index (χ4v) is 2.28. The molecule has 0 radical (unpaired) electrons. The van der Waals surface area contributed by atoms with Crippen molar-refractivity contribution in [3.05, 3.63) is 48.2 Å². The smallest absolute Gasteiger partial charge is 0.274 e. The number of pyridine rings is 1. The molecule has 0 fully saturated rings. The molecule has 0 aliphatic rings. The Hall–Kier alpha value is -2.35. The first-order chi connectivity index (χ1) is 11.0. The Morgan fingerprint density at radius 1 is 1.30 bits per heavy atom. The number of halogens is 2. The number of anilines is 1. The fourth-order valence-electron chi connectivity index (χ4n) is 1.72. The van der Waals surface area contributed by atoms with E-state index >= 15 is 0 Å². The number of nitrogens with one attached hydrogen (secondary N) is 1. The largest absolute Gasteiger partial charge is 0.472 e.